The van der Waals surface area contributed by atoms with Crippen LogP contribution in [0.2, 0.25) is 0 Å². The highest BCUT2D eigenvalue weighted by molar-refractivity contribution is 7.07. The van der Waals surface area contributed by atoms with Crippen molar-refractivity contribution in [1.29, 1.82) is 0 Å². The summed E-state index contributed by atoms with van der Waals surface area (Å²) in [6.45, 7) is 3.24. The van der Waals surface area contributed by atoms with Crippen molar-refractivity contribution in [2.24, 2.45) is 11.1 Å². The first kappa shape index (κ1) is 14.6. The van der Waals surface area contributed by atoms with Gasteiger partial charge in [-0.05, 0) is 60.0 Å². The SMILES string of the molecule is NCC1(CN(Cc2ccsc2)C2CC2)CCCCCC1. The standard InChI is InChI=1S/C17H28N2S/c18-13-17(8-3-1-2-4-9-17)14-19(16-5-6-16)11-15-7-10-20-12-15/h7,10,12,16H,1-6,8-9,11,13-14,18H2. The highest BCUT2D eigenvalue weighted by Gasteiger charge is 2.37. The number of rotatable bonds is 6. The molecule has 0 aromatic carbocycles. The maximum absolute atomic E-state index is 6.23. The topological polar surface area (TPSA) is 29.3 Å². The summed E-state index contributed by atoms with van der Waals surface area (Å²) in [6, 6.07) is 3.11. The van der Waals surface area contributed by atoms with Gasteiger partial charge in [-0.1, -0.05) is 25.7 Å². The minimum absolute atomic E-state index is 0.398. The zero-order valence-electron chi connectivity index (χ0n) is 12.5. The van der Waals surface area contributed by atoms with Crippen molar-refractivity contribution in [1.82, 2.24) is 4.90 Å². The predicted octanol–water partition coefficient (Wildman–Crippen LogP) is 4.01. The molecule has 0 atom stereocenters. The molecule has 1 heterocycles. The fourth-order valence-corrected chi connectivity index (χ4v) is 4.37. The maximum Gasteiger partial charge on any atom is 0.0245 e. The fraction of sp³-hybridized carbons (Fsp3) is 0.765. The third kappa shape index (κ3) is 3.63. The normalized spacial score (nSPS) is 22.9. The Labute approximate surface area is 127 Å². The molecule has 0 saturated heterocycles. The van der Waals surface area contributed by atoms with Gasteiger partial charge in [-0.2, -0.15) is 11.3 Å². The molecule has 1 aromatic heterocycles. The summed E-state index contributed by atoms with van der Waals surface area (Å²) in [4.78, 5) is 2.74. The third-order valence-corrected chi connectivity index (χ3v) is 5.90. The van der Waals surface area contributed by atoms with Crippen LogP contribution >= 0.6 is 11.3 Å². The molecular weight excluding hydrogens is 264 g/mol. The zero-order chi connectivity index (χ0) is 13.8. The molecule has 0 aliphatic heterocycles. The van der Waals surface area contributed by atoms with Crippen molar-refractivity contribution in [2.45, 2.75) is 64.0 Å². The second-order valence-corrected chi connectivity index (χ2v) is 7.67. The molecule has 0 bridgehead atoms. The summed E-state index contributed by atoms with van der Waals surface area (Å²) in [5.41, 5.74) is 8.11. The number of hydrogen-bond donors (Lipinski definition) is 1. The van der Waals surface area contributed by atoms with Crippen molar-refractivity contribution in [3.63, 3.8) is 0 Å². The Hall–Kier alpha value is -0.380. The molecule has 1 aromatic rings. The largest absolute Gasteiger partial charge is 0.330 e. The monoisotopic (exact) mass is 292 g/mol. The van der Waals surface area contributed by atoms with Gasteiger partial charge >= 0.3 is 0 Å². The molecular formula is C17H28N2S. The Morgan fingerprint density at radius 3 is 2.50 bits per heavy atom. The van der Waals surface area contributed by atoms with E-state index in [1.807, 2.05) is 11.3 Å². The van der Waals surface area contributed by atoms with Gasteiger partial charge in [-0.3, -0.25) is 4.90 Å². The maximum atomic E-state index is 6.23. The van der Waals surface area contributed by atoms with E-state index in [-0.39, 0.29) is 0 Å². The van der Waals surface area contributed by atoms with Gasteiger partial charge in [0.1, 0.15) is 0 Å². The summed E-state index contributed by atoms with van der Waals surface area (Å²) in [7, 11) is 0. The number of nitrogens with two attached hydrogens (primary N) is 1. The highest BCUT2D eigenvalue weighted by Crippen LogP contribution is 2.38. The van der Waals surface area contributed by atoms with Gasteiger partial charge in [0, 0.05) is 19.1 Å². The molecule has 2 nitrogen and oxygen atoms in total. The lowest BCUT2D eigenvalue weighted by atomic mass is 9.79. The molecule has 2 fully saturated rings. The molecule has 2 N–H and O–H groups in total. The molecule has 3 heteroatoms. The molecule has 20 heavy (non-hydrogen) atoms. The molecule has 0 amide bonds. The van der Waals surface area contributed by atoms with E-state index in [1.165, 1.54) is 63.5 Å². The van der Waals surface area contributed by atoms with E-state index in [9.17, 15) is 0 Å². The molecule has 0 spiro atoms. The molecule has 0 unspecified atom stereocenters. The van der Waals surface area contributed by atoms with Crippen LogP contribution in [0.25, 0.3) is 0 Å². The first-order valence-corrected chi connectivity index (χ1v) is 9.21. The quantitative estimate of drug-likeness (QED) is 0.803. The zero-order valence-corrected chi connectivity index (χ0v) is 13.3. The predicted molar refractivity (Wildman–Crippen MR) is 86.9 cm³/mol. The van der Waals surface area contributed by atoms with Gasteiger partial charge in [-0.25, -0.2) is 0 Å². The van der Waals surface area contributed by atoms with Crippen molar-refractivity contribution in [3.8, 4) is 0 Å². The third-order valence-electron chi connectivity index (χ3n) is 5.16. The van der Waals surface area contributed by atoms with Gasteiger partial charge in [0.2, 0.25) is 0 Å². The fourth-order valence-electron chi connectivity index (χ4n) is 3.71. The number of hydrogen-bond acceptors (Lipinski definition) is 3. The van der Waals surface area contributed by atoms with E-state index in [2.05, 4.69) is 21.7 Å². The van der Waals surface area contributed by atoms with Crippen LogP contribution in [0, 0.1) is 5.41 Å². The van der Waals surface area contributed by atoms with Crippen LogP contribution in [0.3, 0.4) is 0 Å². The summed E-state index contributed by atoms with van der Waals surface area (Å²) in [5.74, 6) is 0. The minimum Gasteiger partial charge on any atom is -0.330 e. The molecule has 2 aliphatic rings. The van der Waals surface area contributed by atoms with Gasteiger partial charge in [-0.15, -0.1) is 0 Å². The highest BCUT2D eigenvalue weighted by atomic mass is 32.1. The Morgan fingerprint density at radius 1 is 1.20 bits per heavy atom. The summed E-state index contributed by atoms with van der Waals surface area (Å²) < 4.78 is 0. The van der Waals surface area contributed by atoms with E-state index in [1.54, 1.807) is 0 Å². The van der Waals surface area contributed by atoms with Crippen LogP contribution in [0.1, 0.15) is 56.9 Å². The smallest absolute Gasteiger partial charge is 0.0245 e. The van der Waals surface area contributed by atoms with Crippen molar-refractivity contribution >= 4 is 11.3 Å². The lowest BCUT2D eigenvalue weighted by Gasteiger charge is -2.37. The lowest BCUT2D eigenvalue weighted by molar-refractivity contribution is 0.124. The van der Waals surface area contributed by atoms with E-state index >= 15 is 0 Å². The van der Waals surface area contributed by atoms with E-state index in [0.29, 0.717) is 5.41 Å². The van der Waals surface area contributed by atoms with E-state index in [0.717, 1.165) is 19.1 Å². The molecule has 112 valence electrons. The van der Waals surface area contributed by atoms with Crippen molar-refractivity contribution in [2.75, 3.05) is 13.1 Å². The van der Waals surface area contributed by atoms with E-state index in [4.69, 9.17) is 5.73 Å². The lowest BCUT2D eigenvalue weighted by Crippen LogP contribution is -2.43. The molecule has 2 saturated carbocycles. The Morgan fingerprint density at radius 2 is 1.95 bits per heavy atom. The van der Waals surface area contributed by atoms with E-state index < -0.39 is 0 Å². The first-order chi connectivity index (χ1) is 9.81. The summed E-state index contributed by atoms with van der Waals surface area (Å²) in [6.07, 6.45) is 11.1. The van der Waals surface area contributed by atoms with Crippen LogP contribution in [0.15, 0.2) is 16.8 Å². The Kier molecular flexibility index (Phi) is 4.79. The van der Waals surface area contributed by atoms with Crippen LogP contribution in [-0.2, 0) is 6.54 Å². The molecule has 0 radical (unpaired) electrons. The molecule has 3 rings (SSSR count). The van der Waals surface area contributed by atoms with Crippen molar-refractivity contribution in [3.05, 3.63) is 22.4 Å². The molecule has 2 aliphatic carbocycles. The second kappa shape index (κ2) is 6.59. The van der Waals surface area contributed by atoms with Crippen molar-refractivity contribution < 1.29 is 0 Å². The average Bonchev–Trinajstić information content (AvgIpc) is 3.23. The van der Waals surface area contributed by atoms with Gasteiger partial charge < -0.3 is 5.73 Å². The number of nitrogens with zero attached hydrogens (tertiary/aromatic N) is 1. The Bertz CT molecular complexity index is 389. The number of thiophene rings is 1. The second-order valence-electron chi connectivity index (χ2n) is 6.89. The van der Waals surface area contributed by atoms with Crippen LogP contribution in [-0.4, -0.2) is 24.0 Å². The summed E-state index contributed by atoms with van der Waals surface area (Å²) >= 11 is 1.82. The van der Waals surface area contributed by atoms with Gasteiger partial charge in [0.25, 0.3) is 0 Å². The van der Waals surface area contributed by atoms with Crippen LogP contribution in [0.4, 0.5) is 0 Å². The minimum atomic E-state index is 0.398. The first-order valence-electron chi connectivity index (χ1n) is 8.27. The Balaban J connectivity index is 1.67. The average molecular weight is 292 g/mol. The van der Waals surface area contributed by atoms with Crippen LogP contribution in [0.5, 0.6) is 0 Å². The van der Waals surface area contributed by atoms with Gasteiger partial charge in [0.15, 0.2) is 0 Å². The van der Waals surface area contributed by atoms with Crippen LogP contribution < -0.4 is 5.73 Å². The van der Waals surface area contributed by atoms with Gasteiger partial charge in [0.05, 0.1) is 0 Å². The summed E-state index contributed by atoms with van der Waals surface area (Å²) in [5, 5.41) is 4.50.